The quantitative estimate of drug-likeness (QED) is 0.809. The topological polar surface area (TPSA) is 66.4 Å². The van der Waals surface area contributed by atoms with Gasteiger partial charge in [-0.05, 0) is 18.1 Å². The van der Waals surface area contributed by atoms with Crippen molar-refractivity contribution in [3.63, 3.8) is 0 Å². The van der Waals surface area contributed by atoms with E-state index in [2.05, 4.69) is 5.32 Å². The van der Waals surface area contributed by atoms with Crippen LogP contribution in [0.1, 0.15) is 35.7 Å². The van der Waals surface area contributed by atoms with Crippen LogP contribution in [-0.2, 0) is 10.3 Å². The molecule has 2 rings (SSSR count). The van der Waals surface area contributed by atoms with Gasteiger partial charge in [0.1, 0.15) is 0 Å². The van der Waals surface area contributed by atoms with Crippen molar-refractivity contribution >= 4 is 11.9 Å². The van der Waals surface area contributed by atoms with E-state index >= 15 is 0 Å². The van der Waals surface area contributed by atoms with Crippen LogP contribution in [0.2, 0.25) is 0 Å². The van der Waals surface area contributed by atoms with Gasteiger partial charge >= 0.3 is 5.97 Å². The van der Waals surface area contributed by atoms with E-state index in [-0.39, 0.29) is 12.3 Å². The number of hydrogen-bond acceptors (Lipinski definition) is 2. The molecule has 1 aromatic rings. The summed E-state index contributed by atoms with van der Waals surface area (Å²) in [5.41, 5.74) is 0.648. The molecule has 0 spiro atoms. The zero-order valence-electron chi connectivity index (χ0n) is 8.99. The maximum atomic E-state index is 11.7. The molecule has 0 fully saturated rings. The number of carboxylic acids is 1. The van der Waals surface area contributed by atoms with Crippen molar-refractivity contribution in [2.45, 2.75) is 25.3 Å². The predicted octanol–water partition coefficient (Wildman–Crippen LogP) is 1.51. The van der Waals surface area contributed by atoms with Gasteiger partial charge in [0.05, 0.1) is 12.0 Å². The molecule has 4 nitrogen and oxygen atoms in total. The molecular weight excluding hydrogens is 206 g/mol. The number of carbonyl (C=O) groups excluding carboxylic acids is 1. The molecule has 1 unspecified atom stereocenters. The molecule has 16 heavy (non-hydrogen) atoms. The minimum absolute atomic E-state index is 0.0771. The normalized spacial score (nSPS) is 22.7. The molecular formula is C12H13NO3. The van der Waals surface area contributed by atoms with Crippen molar-refractivity contribution in [2.24, 2.45) is 0 Å². The van der Waals surface area contributed by atoms with E-state index in [1.54, 1.807) is 12.1 Å². The highest BCUT2D eigenvalue weighted by atomic mass is 16.4. The van der Waals surface area contributed by atoms with Crippen LogP contribution in [-0.4, -0.2) is 17.0 Å². The number of rotatable bonds is 3. The monoisotopic (exact) mass is 219 g/mol. The van der Waals surface area contributed by atoms with E-state index in [0.29, 0.717) is 12.0 Å². The molecule has 1 heterocycles. The smallest absolute Gasteiger partial charge is 0.306 e. The Hall–Kier alpha value is -1.84. The molecule has 0 bridgehead atoms. The van der Waals surface area contributed by atoms with E-state index < -0.39 is 11.5 Å². The summed E-state index contributed by atoms with van der Waals surface area (Å²) in [7, 11) is 0. The lowest BCUT2D eigenvalue weighted by atomic mass is 9.85. The Balaban J connectivity index is 2.51. The number of hydrogen-bond donors (Lipinski definition) is 2. The number of amides is 1. The van der Waals surface area contributed by atoms with Gasteiger partial charge in [0.15, 0.2) is 0 Å². The third-order valence-corrected chi connectivity index (χ3v) is 3.10. The summed E-state index contributed by atoms with van der Waals surface area (Å²) in [5, 5.41) is 11.7. The van der Waals surface area contributed by atoms with E-state index in [9.17, 15) is 9.59 Å². The van der Waals surface area contributed by atoms with Crippen LogP contribution >= 0.6 is 0 Å². The second kappa shape index (κ2) is 3.63. The first-order valence-corrected chi connectivity index (χ1v) is 5.23. The second-order valence-electron chi connectivity index (χ2n) is 4.01. The van der Waals surface area contributed by atoms with Gasteiger partial charge in [-0.15, -0.1) is 0 Å². The van der Waals surface area contributed by atoms with E-state index in [0.717, 1.165) is 5.56 Å². The number of nitrogens with one attached hydrogen (secondary N) is 1. The lowest BCUT2D eigenvalue weighted by Crippen LogP contribution is -2.40. The van der Waals surface area contributed by atoms with E-state index in [4.69, 9.17) is 5.11 Å². The molecule has 0 aromatic heterocycles. The first kappa shape index (κ1) is 10.7. The molecule has 0 aliphatic carbocycles. The van der Waals surface area contributed by atoms with Gasteiger partial charge < -0.3 is 10.4 Å². The summed E-state index contributed by atoms with van der Waals surface area (Å²) < 4.78 is 0. The molecule has 2 N–H and O–H groups in total. The fourth-order valence-electron chi connectivity index (χ4n) is 2.25. The van der Waals surface area contributed by atoms with Crippen LogP contribution in [0.25, 0.3) is 0 Å². The van der Waals surface area contributed by atoms with Gasteiger partial charge in [-0.1, -0.05) is 25.1 Å². The van der Waals surface area contributed by atoms with Crippen molar-refractivity contribution in [3.05, 3.63) is 35.4 Å². The van der Waals surface area contributed by atoms with Gasteiger partial charge in [0.2, 0.25) is 0 Å². The van der Waals surface area contributed by atoms with Crippen molar-refractivity contribution < 1.29 is 14.7 Å². The number of fused-ring (bicyclic) bond motifs is 1. The average molecular weight is 219 g/mol. The number of carbonyl (C=O) groups is 2. The average Bonchev–Trinajstić information content (AvgIpc) is 2.53. The standard InChI is InChI=1S/C12H13NO3/c1-2-12(7-10(14)15)9-6-4-3-5-8(9)11(16)13-12/h3-6H,2,7H2,1H3,(H,13,16)(H,14,15). The Morgan fingerprint density at radius 3 is 2.75 bits per heavy atom. The molecule has 1 aliphatic heterocycles. The zero-order valence-corrected chi connectivity index (χ0v) is 8.99. The summed E-state index contributed by atoms with van der Waals surface area (Å²) in [5.74, 6) is -1.09. The van der Waals surface area contributed by atoms with Gasteiger partial charge in [0.25, 0.3) is 5.91 Å². The highest BCUT2D eigenvalue weighted by molar-refractivity contribution is 6.00. The Morgan fingerprint density at radius 2 is 2.12 bits per heavy atom. The van der Waals surface area contributed by atoms with Crippen molar-refractivity contribution in [3.8, 4) is 0 Å². The molecule has 1 aliphatic rings. The van der Waals surface area contributed by atoms with Gasteiger partial charge in [0, 0.05) is 5.56 Å². The summed E-state index contributed by atoms with van der Waals surface area (Å²) >= 11 is 0. The summed E-state index contributed by atoms with van der Waals surface area (Å²) in [6, 6.07) is 7.15. The molecule has 0 saturated heterocycles. The highest BCUT2D eigenvalue weighted by Crippen LogP contribution is 2.36. The fourth-order valence-corrected chi connectivity index (χ4v) is 2.25. The van der Waals surface area contributed by atoms with Crippen molar-refractivity contribution in [2.75, 3.05) is 0 Å². The molecule has 84 valence electrons. The molecule has 1 amide bonds. The SMILES string of the molecule is CCC1(CC(=O)O)NC(=O)c2ccccc21. The molecule has 1 atom stereocenters. The molecule has 0 radical (unpaired) electrons. The lowest BCUT2D eigenvalue weighted by Gasteiger charge is -2.27. The largest absolute Gasteiger partial charge is 0.481 e. The van der Waals surface area contributed by atoms with Crippen LogP contribution < -0.4 is 5.32 Å². The summed E-state index contributed by atoms with van der Waals surface area (Å²) in [6.45, 7) is 1.88. The summed E-state index contributed by atoms with van der Waals surface area (Å²) in [6.07, 6.45) is 0.494. The Bertz CT molecular complexity index is 451. The fraction of sp³-hybridized carbons (Fsp3) is 0.333. The van der Waals surface area contributed by atoms with Crippen LogP contribution in [0, 0.1) is 0 Å². The highest BCUT2D eigenvalue weighted by Gasteiger charge is 2.42. The van der Waals surface area contributed by atoms with Crippen LogP contribution in [0.4, 0.5) is 0 Å². The second-order valence-corrected chi connectivity index (χ2v) is 4.01. The molecule has 1 aromatic carbocycles. The Morgan fingerprint density at radius 1 is 1.44 bits per heavy atom. The van der Waals surface area contributed by atoms with E-state index in [1.807, 2.05) is 19.1 Å². The summed E-state index contributed by atoms with van der Waals surface area (Å²) in [4.78, 5) is 22.6. The van der Waals surface area contributed by atoms with Gasteiger partial charge in [-0.25, -0.2) is 0 Å². The first-order valence-electron chi connectivity index (χ1n) is 5.23. The maximum Gasteiger partial charge on any atom is 0.306 e. The lowest BCUT2D eigenvalue weighted by molar-refractivity contribution is -0.138. The first-order chi connectivity index (χ1) is 7.59. The third-order valence-electron chi connectivity index (χ3n) is 3.10. The van der Waals surface area contributed by atoms with Gasteiger partial charge in [-0.2, -0.15) is 0 Å². The van der Waals surface area contributed by atoms with Crippen molar-refractivity contribution in [1.82, 2.24) is 5.32 Å². The minimum atomic E-state index is -0.904. The van der Waals surface area contributed by atoms with Gasteiger partial charge in [-0.3, -0.25) is 9.59 Å². The van der Waals surface area contributed by atoms with Crippen molar-refractivity contribution in [1.29, 1.82) is 0 Å². The molecule has 0 saturated carbocycles. The van der Waals surface area contributed by atoms with E-state index in [1.165, 1.54) is 0 Å². The van der Waals surface area contributed by atoms with Crippen LogP contribution in [0.3, 0.4) is 0 Å². The zero-order chi connectivity index (χ0) is 11.8. The maximum absolute atomic E-state index is 11.7. The number of aliphatic carboxylic acids is 1. The number of benzene rings is 1. The molecule has 4 heteroatoms. The Labute approximate surface area is 93.3 Å². The minimum Gasteiger partial charge on any atom is -0.481 e. The van der Waals surface area contributed by atoms with Crippen LogP contribution in [0.15, 0.2) is 24.3 Å². The third kappa shape index (κ3) is 1.46. The predicted molar refractivity (Wildman–Crippen MR) is 58.1 cm³/mol. The number of carboxylic acid groups (broad SMARTS) is 1. The Kier molecular flexibility index (Phi) is 2.42. The van der Waals surface area contributed by atoms with Crippen LogP contribution in [0.5, 0.6) is 0 Å².